The van der Waals surface area contributed by atoms with E-state index in [0.717, 1.165) is 5.56 Å². The Labute approximate surface area is 183 Å². The van der Waals surface area contributed by atoms with E-state index >= 15 is 0 Å². The summed E-state index contributed by atoms with van der Waals surface area (Å²) in [7, 11) is 0. The highest BCUT2D eigenvalue weighted by Crippen LogP contribution is 2.22. The van der Waals surface area contributed by atoms with E-state index in [2.05, 4.69) is 31.4 Å². The van der Waals surface area contributed by atoms with Gasteiger partial charge in [0.25, 0.3) is 11.8 Å². The molecule has 0 spiro atoms. The molecule has 2 N–H and O–H groups in total. The van der Waals surface area contributed by atoms with Crippen molar-refractivity contribution in [1.29, 1.82) is 0 Å². The maximum Gasteiger partial charge on any atom is 0.326 e. The average Bonchev–Trinajstić information content (AvgIpc) is 2.73. The van der Waals surface area contributed by atoms with Crippen LogP contribution in [0.15, 0.2) is 48.5 Å². The predicted octanol–water partition coefficient (Wildman–Crippen LogP) is 3.68. The molecule has 7 nitrogen and oxygen atoms in total. The molecule has 0 radical (unpaired) electrons. The van der Waals surface area contributed by atoms with Gasteiger partial charge in [-0.15, -0.1) is 0 Å². The standard InChI is InChI=1S/C24H30N2O5/c1-6-30-20-13-11-19(12-14-20)26-22(28)16(2)31-21(27)15-25-23(29)17-7-9-18(10-8-17)24(3,4)5/h7-14,16H,6,15H2,1-5H3,(H,25,29)(H,26,28)/t16-/m0/s1. The van der Waals surface area contributed by atoms with Gasteiger partial charge in [0.2, 0.25) is 0 Å². The summed E-state index contributed by atoms with van der Waals surface area (Å²) in [5, 5.41) is 5.18. The fraction of sp³-hybridized carbons (Fsp3) is 0.375. The lowest BCUT2D eigenvalue weighted by atomic mass is 9.87. The van der Waals surface area contributed by atoms with Crippen molar-refractivity contribution in [2.45, 2.75) is 46.1 Å². The number of carbonyl (C=O) groups excluding carboxylic acids is 3. The van der Waals surface area contributed by atoms with Gasteiger partial charge in [0.1, 0.15) is 12.3 Å². The van der Waals surface area contributed by atoms with Crippen LogP contribution in [0.5, 0.6) is 5.75 Å². The van der Waals surface area contributed by atoms with Crippen LogP contribution < -0.4 is 15.4 Å². The van der Waals surface area contributed by atoms with Crippen molar-refractivity contribution < 1.29 is 23.9 Å². The van der Waals surface area contributed by atoms with Crippen molar-refractivity contribution in [2.75, 3.05) is 18.5 Å². The summed E-state index contributed by atoms with van der Waals surface area (Å²) in [6.07, 6.45) is -1.01. The average molecular weight is 427 g/mol. The summed E-state index contributed by atoms with van der Waals surface area (Å²) in [6.45, 7) is 9.84. The first-order chi connectivity index (χ1) is 14.6. The summed E-state index contributed by atoms with van der Waals surface area (Å²) in [5.74, 6) is -0.858. The number of hydrogen-bond donors (Lipinski definition) is 2. The van der Waals surface area contributed by atoms with Crippen LogP contribution >= 0.6 is 0 Å². The summed E-state index contributed by atoms with van der Waals surface area (Å²) >= 11 is 0. The molecule has 2 aromatic carbocycles. The van der Waals surface area contributed by atoms with Gasteiger partial charge in [-0.1, -0.05) is 32.9 Å². The quantitative estimate of drug-likeness (QED) is 0.628. The van der Waals surface area contributed by atoms with E-state index in [0.29, 0.717) is 23.6 Å². The van der Waals surface area contributed by atoms with Crippen LogP contribution in [0.1, 0.15) is 50.5 Å². The molecule has 0 unspecified atom stereocenters. The Kier molecular flexibility index (Phi) is 8.19. The maximum absolute atomic E-state index is 12.2. The minimum Gasteiger partial charge on any atom is -0.494 e. The maximum atomic E-state index is 12.2. The van der Waals surface area contributed by atoms with Crippen molar-refractivity contribution >= 4 is 23.5 Å². The first kappa shape index (κ1) is 23.9. The number of anilines is 1. The number of ether oxygens (including phenoxy) is 2. The van der Waals surface area contributed by atoms with Crippen LogP contribution in [0.25, 0.3) is 0 Å². The molecule has 0 heterocycles. The van der Waals surface area contributed by atoms with E-state index in [1.54, 1.807) is 36.4 Å². The number of hydrogen-bond acceptors (Lipinski definition) is 5. The molecule has 0 saturated heterocycles. The van der Waals surface area contributed by atoms with Gasteiger partial charge in [-0.2, -0.15) is 0 Å². The normalized spacial score (nSPS) is 11.9. The Balaban J connectivity index is 1.80. The van der Waals surface area contributed by atoms with Gasteiger partial charge in [0.15, 0.2) is 6.10 Å². The molecule has 0 saturated carbocycles. The first-order valence-corrected chi connectivity index (χ1v) is 10.2. The highest BCUT2D eigenvalue weighted by Gasteiger charge is 2.19. The van der Waals surface area contributed by atoms with Gasteiger partial charge in [-0.25, -0.2) is 0 Å². The molecule has 0 bridgehead atoms. The molecule has 2 amide bonds. The number of carbonyl (C=O) groups is 3. The smallest absolute Gasteiger partial charge is 0.326 e. The second-order valence-corrected chi connectivity index (χ2v) is 8.09. The topological polar surface area (TPSA) is 93.7 Å². The van der Waals surface area contributed by atoms with Crippen molar-refractivity contribution in [3.05, 3.63) is 59.7 Å². The minimum absolute atomic E-state index is 0.0130. The predicted molar refractivity (Wildman–Crippen MR) is 119 cm³/mol. The molecule has 2 rings (SSSR count). The third kappa shape index (κ3) is 7.44. The monoisotopic (exact) mass is 426 g/mol. The van der Waals surface area contributed by atoms with Crippen LogP contribution in [0, 0.1) is 0 Å². The van der Waals surface area contributed by atoms with Crippen LogP contribution in [0.4, 0.5) is 5.69 Å². The largest absolute Gasteiger partial charge is 0.494 e. The number of esters is 1. The highest BCUT2D eigenvalue weighted by molar-refractivity contribution is 5.97. The molecule has 166 valence electrons. The van der Waals surface area contributed by atoms with E-state index in [-0.39, 0.29) is 17.9 Å². The molecule has 2 aromatic rings. The Bertz CT molecular complexity index is 899. The summed E-state index contributed by atoms with van der Waals surface area (Å²) in [6, 6.07) is 14.1. The van der Waals surface area contributed by atoms with Crippen molar-refractivity contribution in [2.24, 2.45) is 0 Å². The molecular weight excluding hydrogens is 396 g/mol. The van der Waals surface area contributed by atoms with Gasteiger partial charge in [0.05, 0.1) is 6.61 Å². The third-order valence-corrected chi connectivity index (χ3v) is 4.52. The second kappa shape index (κ2) is 10.6. The molecule has 0 aliphatic carbocycles. The lowest BCUT2D eigenvalue weighted by Gasteiger charge is -2.19. The molecule has 7 heteroatoms. The van der Waals surface area contributed by atoms with Gasteiger partial charge < -0.3 is 20.1 Å². The first-order valence-electron chi connectivity index (χ1n) is 10.2. The van der Waals surface area contributed by atoms with Gasteiger partial charge in [0, 0.05) is 11.3 Å². The SMILES string of the molecule is CCOc1ccc(NC(=O)[C@H](C)OC(=O)CNC(=O)c2ccc(C(C)(C)C)cc2)cc1. The fourth-order valence-electron chi connectivity index (χ4n) is 2.71. The highest BCUT2D eigenvalue weighted by atomic mass is 16.5. The molecule has 1 atom stereocenters. The summed E-state index contributed by atoms with van der Waals surface area (Å²) < 4.78 is 10.5. The second-order valence-electron chi connectivity index (χ2n) is 8.09. The minimum atomic E-state index is -1.01. The Hall–Kier alpha value is -3.35. The summed E-state index contributed by atoms with van der Waals surface area (Å²) in [5.41, 5.74) is 2.10. The van der Waals surface area contributed by atoms with Crippen molar-refractivity contribution in [3.8, 4) is 5.75 Å². The van der Waals surface area contributed by atoms with E-state index in [1.165, 1.54) is 6.92 Å². The summed E-state index contributed by atoms with van der Waals surface area (Å²) in [4.78, 5) is 36.5. The van der Waals surface area contributed by atoms with E-state index in [9.17, 15) is 14.4 Å². The van der Waals surface area contributed by atoms with E-state index < -0.39 is 18.0 Å². The Morgan fingerprint density at radius 2 is 1.58 bits per heavy atom. The molecule has 0 aliphatic heterocycles. The number of nitrogens with one attached hydrogen (secondary N) is 2. The molecule has 31 heavy (non-hydrogen) atoms. The molecule has 0 aromatic heterocycles. The number of benzene rings is 2. The van der Waals surface area contributed by atoms with Gasteiger partial charge in [-0.3, -0.25) is 14.4 Å². The van der Waals surface area contributed by atoms with Crippen LogP contribution in [-0.2, 0) is 19.7 Å². The van der Waals surface area contributed by atoms with Gasteiger partial charge in [-0.05, 0) is 61.2 Å². The van der Waals surface area contributed by atoms with Crippen LogP contribution in [0.2, 0.25) is 0 Å². The Morgan fingerprint density at radius 1 is 0.968 bits per heavy atom. The van der Waals surface area contributed by atoms with Gasteiger partial charge >= 0.3 is 5.97 Å². The lowest BCUT2D eigenvalue weighted by Crippen LogP contribution is -2.35. The van der Waals surface area contributed by atoms with Crippen LogP contribution in [0.3, 0.4) is 0 Å². The molecule has 0 aliphatic rings. The van der Waals surface area contributed by atoms with Crippen molar-refractivity contribution in [3.63, 3.8) is 0 Å². The molecular formula is C24H30N2O5. The zero-order valence-electron chi connectivity index (χ0n) is 18.7. The fourth-order valence-corrected chi connectivity index (χ4v) is 2.71. The van der Waals surface area contributed by atoms with E-state index in [4.69, 9.17) is 9.47 Å². The molecule has 0 fully saturated rings. The lowest BCUT2D eigenvalue weighted by molar-refractivity contribution is -0.152. The number of amides is 2. The number of rotatable bonds is 8. The zero-order chi connectivity index (χ0) is 23.0. The Morgan fingerprint density at radius 3 is 2.13 bits per heavy atom. The third-order valence-electron chi connectivity index (χ3n) is 4.52. The van der Waals surface area contributed by atoms with E-state index in [1.807, 2.05) is 19.1 Å². The zero-order valence-corrected chi connectivity index (χ0v) is 18.7. The van der Waals surface area contributed by atoms with Crippen LogP contribution in [-0.4, -0.2) is 37.0 Å². The van der Waals surface area contributed by atoms with Crippen molar-refractivity contribution in [1.82, 2.24) is 5.32 Å².